The summed E-state index contributed by atoms with van der Waals surface area (Å²) in [6.45, 7) is 2.54. The van der Waals surface area contributed by atoms with Crippen LogP contribution in [0.1, 0.15) is 18.9 Å². The smallest absolute Gasteiger partial charge is 0.222 e. The van der Waals surface area contributed by atoms with Gasteiger partial charge in [0.25, 0.3) is 0 Å². The summed E-state index contributed by atoms with van der Waals surface area (Å²) in [6.07, 6.45) is 4.61. The Kier molecular flexibility index (Phi) is 3.65. The highest BCUT2D eigenvalue weighted by molar-refractivity contribution is 5.75. The minimum atomic E-state index is -0.247. The van der Waals surface area contributed by atoms with E-state index < -0.39 is 0 Å². The normalized spacial score (nSPS) is 10.8. The number of hydrogen-bond donors (Lipinski definition) is 0. The number of carbonyl (C=O) groups excluding carboxylic acids is 1. The number of amides is 1. The summed E-state index contributed by atoms with van der Waals surface area (Å²) in [7, 11) is 1.81. The van der Waals surface area contributed by atoms with Crippen LogP contribution in [0, 0.1) is 5.82 Å². The molecule has 0 unspecified atom stereocenters. The Morgan fingerprint density at radius 1 is 1.39 bits per heavy atom. The Hall–Kier alpha value is -1.84. The fourth-order valence-corrected chi connectivity index (χ4v) is 2.04. The number of fused-ring (bicyclic) bond motifs is 1. The molecule has 1 amide bonds. The molecular formula is C14H17FN2O. The number of pyridine rings is 1. The number of carbonyl (C=O) groups is 1. The fraction of sp³-hybridized carbons (Fsp3) is 0.357. The van der Waals surface area contributed by atoms with Crippen molar-refractivity contribution in [3.63, 3.8) is 0 Å². The van der Waals surface area contributed by atoms with Gasteiger partial charge in [-0.25, -0.2) is 4.39 Å². The molecule has 2 rings (SSSR count). The van der Waals surface area contributed by atoms with Gasteiger partial charge in [-0.1, -0.05) is 6.92 Å². The maximum Gasteiger partial charge on any atom is 0.222 e. The third kappa shape index (κ3) is 2.53. The summed E-state index contributed by atoms with van der Waals surface area (Å²) in [5.74, 6) is -0.104. The number of hydrogen-bond acceptors (Lipinski definition) is 1. The summed E-state index contributed by atoms with van der Waals surface area (Å²) in [6, 6.07) is 5.20. The van der Waals surface area contributed by atoms with Crippen LogP contribution in [-0.2, 0) is 11.2 Å². The first-order valence-electron chi connectivity index (χ1n) is 6.11. The van der Waals surface area contributed by atoms with Crippen molar-refractivity contribution in [2.75, 3.05) is 13.6 Å². The summed E-state index contributed by atoms with van der Waals surface area (Å²) >= 11 is 0. The largest absolute Gasteiger partial charge is 0.345 e. The van der Waals surface area contributed by atoms with Crippen LogP contribution in [-0.4, -0.2) is 28.8 Å². The van der Waals surface area contributed by atoms with Crippen molar-refractivity contribution < 1.29 is 9.18 Å². The number of likely N-dealkylation sites (N-methyl/N-ethyl adjacent to an activating group) is 1. The quantitative estimate of drug-likeness (QED) is 0.816. The number of nitrogens with zero attached hydrogens (tertiary/aromatic N) is 2. The van der Waals surface area contributed by atoms with Crippen LogP contribution in [0.5, 0.6) is 0 Å². The molecule has 18 heavy (non-hydrogen) atoms. The summed E-state index contributed by atoms with van der Waals surface area (Å²) in [5.41, 5.74) is 2.12. The van der Waals surface area contributed by atoms with Crippen LogP contribution in [0.4, 0.5) is 4.39 Å². The van der Waals surface area contributed by atoms with Crippen molar-refractivity contribution in [3.05, 3.63) is 42.0 Å². The second-order valence-electron chi connectivity index (χ2n) is 4.40. The molecule has 0 saturated carbocycles. The summed E-state index contributed by atoms with van der Waals surface area (Å²) < 4.78 is 14.8. The van der Waals surface area contributed by atoms with Gasteiger partial charge in [-0.2, -0.15) is 0 Å². The minimum Gasteiger partial charge on any atom is -0.345 e. The molecule has 0 aliphatic carbocycles. The molecule has 3 nitrogen and oxygen atoms in total. The highest BCUT2D eigenvalue weighted by atomic mass is 19.1. The molecule has 0 N–H and O–H groups in total. The molecular weight excluding hydrogens is 231 g/mol. The van der Waals surface area contributed by atoms with E-state index in [4.69, 9.17) is 0 Å². The molecule has 2 heterocycles. The SMILES string of the molecule is CCC(=O)N(C)CCc1ccn2cc(F)ccc12. The van der Waals surface area contributed by atoms with E-state index in [1.165, 1.54) is 12.3 Å². The molecule has 4 heteroatoms. The van der Waals surface area contributed by atoms with E-state index >= 15 is 0 Å². The first kappa shape index (κ1) is 12.6. The van der Waals surface area contributed by atoms with Gasteiger partial charge in [0.2, 0.25) is 5.91 Å². The first-order valence-corrected chi connectivity index (χ1v) is 6.11. The van der Waals surface area contributed by atoms with E-state index in [2.05, 4.69) is 0 Å². The van der Waals surface area contributed by atoms with Crippen LogP contribution in [0.15, 0.2) is 30.6 Å². The molecule has 0 radical (unpaired) electrons. The van der Waals surface area contributed by atoms with E-state index in [1.807, 2.05) is 26.2 Å². The number of rotatable bonds is 4. The van der Waals surface area contributed by atoms with E-state index in [0.29, 0.717) is 13.0 Å². The third-order valence-corrected chi connectivity index (χ3v) is 3.15. The van der Waals surface area contributed by atoms with Crippen LogP contribution in [0.2, 0.25) is 0 Å². The lowest BCUT2D eigenvalue weighted by atomic mass is 10.2. The molecule has 96 valence electrons. The molecule has 0 bridgehead atoms. The lowest BCUT2D eigenvalue weighted by Gasteiger charge is -2.15. The lowest BCUT2D eigenvalue weighted by molar-refractivity contribution is -0.129. The van der Waals surface area contributed by atoms with E-state index in [1.54, 1.807) is 15.4 Å². The topological polar surface area (TPSA) is 24.7 Å². The molecule has 2 aromatic heterocycles. The van der Waals surface area contributed by atoms with Gasteiger partial charge in [0.05, 0.1) is 0 Å². The Morgan fingerprint density at radius 2 is 2.17 bits per heavy atom. The van der Waals surface area contributed by atoms with Crippen LogP contribution in [0.25, 0.3) is 5.52 Å². The molecule has 0 aromatic carbocycles. The molecule has 0 fully saturated rings. The summed E-state index contributed by atoms with van der Waals surface area (Å²) in [5, 5.41) is 0. The average molecular weight is 248 g/mol. The Bertz CT molecular complexity index is 562. The van der Waals surface area contributed by atoms with Gasteiger partial charge in [-0.15, -0.1) is 0 Å². The van der Waals surface area contributed by atoms with Crippen LogP contribution in [0.3, 0.4) is 0 Å². The van der Waals surface area contributed by atoms with E-state index in [-0.39, 0.29) is 11.7 Å². The Balaban J connectivity index is 2.10. The highest BCUT2D eigenvalue weighted by Crippen LogP contribution is 2.14. The maximum absolute atomic E-state index is 13.0. The lowest BCUT2D eigenvalue weighted by Crippen LogP contribution is -2.27. The molecule has 0 saturated heterocycles. The molecule has 2 aromatic rings. The second-order valence-corrected chi connectivity index (χ2v) is 4.40. The standard InChI is InChI=1S/C14H17FN2O/c1-3-14(18)16(2)8-6-11-7-9-17-10-12(15)4-5-13(11)17/h4-5,7,9-10H,3,6,8H2,1-2H3. The van der Waals surface area contributed by atoms with E-state index in [9.17, 15) is 9.18 Å². The van der Waals surface area contributed by atoms with E-state index in [0.717, 1.165) is 17.5 Å². The first-order chi connectivity index (χ1) is 8.61. The van der Waals surface area contributed by atoms with Crippen molar-refractivity contribution in [1.29, 1.82) is 0 Å². The van der Waals surface area contributed by atoms with Gasteiger partial charge in [0.1, 0.15) is 5.82 Å². The molecule has 0 aliphatic rings. The second kappa shape index (κ2) is 5.21. The van der Waals surface area contributed by atoms with Gasteiger partial charge >= 0.3 is 0 Å². The van der Waals surface area contributed by atoms with Crippen molar-refractivity contribution in [2.24, 2.45) is 0 Å². The molecule has 0 spiro atoms. The van der Waals surface area contributed by atoms with Crippen LogP contribution >= 0.6 is 0 Å². The number of halogens is 1. The Morgan fingerprint density at radius 3 is 2.89 bits per heavy atom. The van der Waals surface area contributed by atoms with Crippen molar-refractivity contribution in [2.45, 2.75) is 19.8 Å². The number of aromatic nitrogens is 1. The highest BCUT2D eigenvalue weighted by Gasteiger charge is 2.08. The van der Waals surface area contributed by atoms with Gasteiger partial charge in [0, 0.05) is 37.9 Å². The zero-order valence-electron chi connectivity index (χ0n) is 10.7. The van der Waals surface area contributed by atoms with Crippen molar-refractivity contribution >= 4 is 11.4 Å². The monoisotopic (exact) mass is 248 g/mol. The molecule has 0 aliphatic heterocycles. The predicted octanol–water partition coefficient (Wildman–Crippen LogP) is 2.49. The van der Waals surface area contributed by atoms with Gasteiger partial charge in [0.15, 0.2) is 0 Å². The van der Waals surface area contributed by atoms with Gasteiger partial charge < -0.3 is 9.30 Å². The predicted molar refractivity (Wildman–Crippen MR) is 69.0 cm³/mol. The van der Waals surface area contributed by atoms with Crippen molar-refractivity contribution in [3.8, 4) is 0 Å². The van der Waals surface area contributed by atoms with Gasteiger partial charge in [-0.3, -0.25) is 4.79 Å². The zero-order valence-corrected chi connectivity index (χ0v) is 10.7. The molecule has 0 atom stereocenters. The summed E-state index contributed by atoms with van der Waals surface area (Å²) in [4.78, 5) is 13.2. The zero-order chi connectivity index (χ0) is 13.1. The van der Waals surface area contributed by atoms with Crippen LogP contribution < -0.4 is 0 Å². The average Bonchev–Trinajstić information content (AvgIpc) is 2.77. The Labute approximate surface area is 106 Å². The van der Waals surface area contributed by atoms with Gasteiger partial charge in [-0.05, 0) is 30.2 Å². The third-order valence-electron chi connectivity index (χ3n) is 3.15. The minimum absolute atomic E-state index is 0.143. The maximum atomic E-state index is 13.0. The van der Waals surface area contributed by atoms with Crippen molar-refractivity contribution in [1.82, 2.24) is 9.30 Å². The fourth-order valence-electron chi connectivity index (χ4n) is 2.04.